The highest BCUT2D eigenvalue weighted by Gasteiger charge is 2.48. The lowest BCUT2D eigenvalue weighted by molar-refractivity contribution is -0.126. The van der Waals surface area contributed by atoms with Crippen molar-refractivity contribution in [2.45, 2.75) is 32.4 Å². The summed E-state index contributed by atoms with van der Waals surface area (Å²) in [5.74, 6) is -0.480. The fourth-order valence-electron chi connectivity index (χ4n) is 3.87. The summed E-state index contributed by atoms with van der Waals surface area (Å²) in [4.78, 5) is 29.5. The maximum Gasteiger partial charge on any atom is 0.277 e. The highest BCUT2D eigenvalue weighted by atomic mass is 32.1. The molecule has 2 amide bonds. The highest BCUT2D eigenvalue weighted by molar-refractivity contribution is 7.13. The molecule has 1 atom stereocenters. The maximum atomic E-state index is 13.7. The predicted octanol–water partition coefficient (Wildman–Crippen LogP) is 3.36. The van der Waals surface area contributed by atoms with E-state index in [1.54, 1.807) is 35.0 Å². The largest absolute Gasteiger partial charge is 0.383 e. The minimum absolute atomic E-state index is 0.240. The Labute approximate surface area is 185 Å². The lowest BCUT2D eigenvalue weighted by Crippen LogP contribution is -2.64. The van der Waals surface area contributed by atoms with Crippen LogP contribution in [-0.4, -0.2) is 47.4 Å². The Hall–Kier alpha value is -2.97. The third-order valence-electron chi connectivity index (χ3n) is 5.61. The number of hydrogen-bond donors (Lipinski definition) is 1. The second-order valence-corrected chi connectivity index (χ2v) is 8.68. The van der Waals surface area contributed by atoms with Gasteiger partial charge in [0.15, 0.2) is 0 Å². The molecular weight excluding hydrogens is 412 g/mol. The number of anilines is 1. The molecule has 162 valence electrons. The minimum atomic E-state index is -1.13. The van der Waals surface area contributed by atoms with Gasteiger partial charge in [0.2, 0.25) is 5.91 Å². The molecule has 1 aromatic carbocycles. The zero-order valence-electron chi connectivity index (χ0n) is 17.9. The average molecular weight is 439 g/mol. The van der Waals surface area contributed by atoms with Crippen LogP contribution in [0.3, 0.4) is 0 Å². The molecule has 3 heterocycles. The number of carbonyl (C=O) groups excluding carboxylic acids is 2. The van der Waals surface area contributed by atoms with E-state index in [0.29, 0.717) is 24.5 Å². The van der Waals surface area contributed by atoms with Gasteiger partial charge in [0.05, 0.1) is 18.0 Å². The van der Waals surface area contributed by atoms with Crippen LogP contribution in [0.15, 0.2) is 47.8 Å². The number of amides is 2. The molecule has 0 aliphatic carbocycles. The Bertz CT molecular complexity index is 1070. The monoisotopic (exact) mass is 438 g/mol. The van der Waals surface area contributed by atoms with Crippen LogP contribution >= 0.6 is 11.3 Å². The van der Waals surface area contributed by atoms with Gasteiger partial charge in [0.1, 0.15) is 16.9 Å². The number of methoxy groups -OCH3 is 1. The van der Waals surface area contributed by atoms with Gasteiger partial charge in [-0.3, -0.25) is 19.2 Å². The van der Waals surface area contributed by atoms with Crippen LogP contribution in [0.5, 0.6) is 0 Å². The minimum Gasteiger partial charge on any atom is -0.383 e. The van der Waals surface area contributed by atoms with Crippen LogP contribution in [-0.2, 0) is 22.5 Å². The van der Waals surface area contributed by atoms with E-state index in [-0.39, 0.29) is 18.4 Å². The van der Waals surface area contributed by atoms with Crippen molar-refractivity contribution in [2.75, 3.05) is 25.2 Å². The number of hydrogen-bond acceptors (Lipinski definition) is 5. The lowest BCUT2D eigenvalue weighted by Gasteiger charge is -2.43. The first-order valence-electron chi connectivity index (χ1n) is 10.3. The Kier molecular flexibility index (Phi) is 5.93. The van der Waals surface area contributed by atoms with E-state index in [0.717, 1.165) is 17.0 Å². The van der Waals surface area contributed by atoms with Gasteiger partial charge < -0.3 is 10.1 Å². The van der Waals surface area contributed by atoms with Crippen LogP contribution < -0.4 is 10.2 Å². The Morgan fingerprint density at radius 2 is 2.06 bits per heavy atom. The first-order valence-corrected chi connectivity index (χ1v) is 11.2. The smallest absolute Gasteiger partial charge is 0.277 e. The van der Waals surface area contributed by atoms with Gasteiger partial charge in [-0.15, -0.1) is 11.3 Å². The molecule has 4 rings (SSSR count). The van der Waals surface area contributed by atoms with Gasteiger partial charge in [-0.1, -0.05) is 25.1 Å². The molecule has 1 N–H and O–H groups in total. The van der Waals surface area contributed by atoms with E-state index in [1.807, 2.05) is 47.8 Å². The summed E-state index contributed by atoms with van der Waals surface area (Å²) < 4.78 is 6.72. The molecule has 31 heavy (non-hydrogen) atoms. The summed E-state index contributed by atoms with van der Waals surface area (Å²) in [5.41, 5.74) is 1.94. The molecule has 8 heteroatoms. The summed E-state index contributed by atoms with van der Waals surface area (Å²) in [6.07, 6.45) is 0.903. The SMILES string of the molecule is CCc1ccc(N2C(=O)c3cc(-c4cccs4)nn3CC2(C)C(=O)NCCOC)cc1. The number of carbonyl (C=O) groups is 2. The number of nitrogens with one attached hydrogen (secondary N) is 1. The van der Waals surface area contributed by atoms with Crippen LogP contribution in [0, 0.1) is 0 Å². The van der Waals surface area contributed by atoms with Gasteiger partial charge in [-0.05, 0) is 48.6 Å². The van der Waals surface area contributed by atoms with Crippen molar-refractivity contribution < 1.29 is 14.3 Å². The molecule has 1 unspecified atom stereocenters. The second-order valence-electron chi connectivity index (χ2n) is 7.73. The van der Waals surface area contributed by atoms with Crippen LogP contribution in [0.25, 0.3) is 10.6 Å². The van der Waals surface area contributed by atoms with Crippen molar-refractivity contribution >= 4 is 28.8 Å². The number of ether oxygens (including phenoxy) is 1. The third kappa shape index (κ3) is 3.88. The average Bonchev–Trinajstić information content (AvgIpc) is 3.44. The van der Waals surface area contributed by atoms with Crippen molar-refractivity contribution in [3.05, 3.63) is 59.1 Å². The number of benzene rings is 1. The van der Waals surface area contributed by atoms with E-state index < -0.39 is 5.54 Å². The van der Waals surface area contributed by atoms with Gasteiger partial charge in [0.25, 0.3) is 5.91 Å². The number of thiophene rings is 1. The lowest BCUT2D eigenvalue weighted by atomic mass is 9.93. The molecule has 0 spiro atoms. The van der Waals surface area contributed by atoms with Crippen LogP contribution in [0.1, 0.15) is 29.9 Å². The fourth-order valence-corrected chi connectivity index (χ4v) is 4.55. The number of fused-ring (bicyclic) bond motifs is 1. The first kappa shape index (κ1) is 21.3. The molecule has 0 fully saturated rings. The first-order chi connectivity index (χ1) is 15.0. The molecular formula is C23H26N4O3S. The zero-order chi connectivity index (χ0) is 22.0. The van der Waals surface area contributed by atoms with E-state index in [2.05, 4.69) is 17.3 Å². The summed E-state index contributed by atoms with van der Waals surface area (Å²) in [7, 11) is 1.59. The fraction of sp³-hybridized carbons (Fsp3) is 0.348. The van der Waals surface area contributed by atoms with Crippen molar-refractivity contribution in [2.24, 2.45) is 0 Å². The molecule has 2 aromatic heterocycles. The van der Waals surface area contributed by atoms with Crippen molar-refractivity contribution in [3.8, 4) is 10.6 Å². The maximum absolute atomic E-state index is 13.7. The van der Waals surface area contributed by atoms with Gasteiger partial charge in [-0.2, -0.15) is 5.10 Å². The van der Waals surface area contributed by atoms with Crippen molar-refractivity contribution in [3.63, 3.8) is 0 Å². The Morgan fingerprint density at radius 1 is 1.29 bits per heavy atom. The Morgan fingerprint density at radius 3 is 2.71 bits per heavy atom. The van der Waals surface area contributed by atoms with E-state index in [4.69, 9.17) is 4.74 Å². The van der Waals surface area contributed by atoms with E-state index in [9.17, 15) is 9.59 Å². The normalized spacial score (nSPS) is 18.2. The zero-order valence-corrected chi connectivity index (χ0v) is 18.7. The van der Waals surface area contributed by atoms with Gasteiger partial charge >= 0.3 is 0 Å². The van der Waals surface area contributed by atoms with Gasteiger partial charge in [0, 0.05) is 19.3 Å². The number of aromatic nitrogens is 2. The summed E-state index contributed by atoms with van der Waals surface area (Å²) in [6, 6.07) is 13.5. The summed E-state index contributed by atoms with van der Waals surface area (Å²) >= 11 is 1.57. The second kappa shape index (κ2) is 8.64. The third-order valence-corrected chi connectivity index (χ3v) is 6.50. The quantitative estimate of drug-likeness (QED) is 0.574. The topological polar surface area (TPSA) is 76.5 Å². The highest BCUT2D eigenvalue weighted by Crippen LogP contribution is 2.35. The van der Waals surface area contributed by atoms with Crippen LogP contribution in [0.4, 0.5) is 5.69 Å². The molecule has 0 bridgehead atoms. The van der Waals surface area contributed by atoms with Gasteiger partial charge in [-0.25, -0.2) is 0 Å². The van der Waals surface area contributed by atoms with Crippen molar-refractivity contribution in [1.82, 2.24) is 15.1 Å². The number of aryl methyl sites for hydroxylation is 1. The van der Waals surface area contributed by atoms with E-state index in [1.165, 1.54) is 5.56 Å². The molecule has 7 nitrogen and oxygen atoms in total. The molecule has 1 aliphatic rings. The molecule has 1 aliphatic heterocycles. The molecule has 0 saturated carbocycles. The molecule has 3 aromatic rings. The molecule has 0 saturated heterocycles. The summed E-state index contributed by atoms with van der Waals surface area (Å²) in [5, 5.41) is 9.53. The summed E-state index contributed by atoms with van der Waals surface area (Å²) in [6.45, 7) is 4.90. The molecule has 0 radical (unpaired) electrons. The van der Waals surface area contributed by atoms with Crippen LogP contribution in [0.2, 0.25) is 0 Å². The number of nitrogens with zero attached hydrogens (tertiary/aromatic N) is 3. The Balaban J connectivity index is 1.77. The van der Waals surface area contributed by atoms with E-state index >= 15 is 0 Å². The standard InChI is InChI=1S/C23H26N4O3S/c1-4-16-7-9-17(10-8-16)27-21(28)19-14-18(20-6-5-13-31-20)25-26(19)15-23(27,2)22(29)24-11-12-30-3/h5-10,13-14H,4,11-12,15H2,1-3H3,(H,24,29). The van der Waals surface area contributed by atoms with Crippen molar-refractivity contribution in [1.29, 1.82) is 0 Å². The number of rotatable bonds is 7. The predicted molar refractivity (Wildman–Crippen MR) is 121 cm³/mol.